The highest BCUT2D eigenvalue weighted by Gasteiger charge is 2.09. The van der Waals surface area contributed by atoms with Crippen LogP contribution in [0, 0.1) is 0 Å². The van der Waals surface area contributed by atoms with E-state index in [9.17, 15) is 5.11 Å². The summed E-state index contributed by atoms with van der Waals surface area (Å²) >= 11 is 5.00. The average molecular weight is 465 g/mol. The van der Waals surface area contributed by atoms with Gasteiger partial charge >= 0.3 is 0 Å². The molecule has 4 aromatic rings. The van der Waals surface area contributed by atoms with E-state index in [4.69, 9.17) is 10.1 Å². The molecule has 1 N–H and O–H groups in total. The number of phenolic OH excluding ortho intramolecular Hbond substituents is 1. The van der Waals surface area contributed by atoms with Crippen LogP contribution in [0.5, 0.6) is 5.75 Å². The molecule has 0 radical (unpaired) electrons. The van der Waals surface area contributed by atoms with E-state index in [0.717, 1.165) is 37.5 Å². The fourth-order valence-electron chi connectivity index (χ4n) is 2.73. The van der Waals surface area contributed by atoms with Crippen molar-refractivity contribution < 1.29 is 5.11 Å². The predicted octanol–water partition coefficient (Wildman–Crippen LogP) is 5.58. The van der Waals surface area contributed by atoms with Gasteiger partial charge in [0.05, 0.1) is 23.3 Å². The molecule has 0 aliphatic rings. The summed E-state index contributed by atoms with van der Waals surface area (Å²) < 4.78 is 2.87. The first-order valence-corrected chi connectivity index (χ1v) is 10.5. The van der Waals surface area contributed by atoms with Crippen LogP contribution < -0.4 is 4.80 Å². The monoisotopic (exact) mass is 464 g/mol. The average Bonchev–Trinajstić information content (AvgIpc) is 3.12. The lowest BCUT2D eigenvalue weighted by Gasteiger charge is -2.07. The second kappa shape index (κ2) is 8.55. The molecule has 2 aromatic heterocycles. The highest BCUT2D eigenvalue weighted by Crippen LogP contribution is 2.23. The molecule has 0 amide bonds. The standard InChI is InChI=1S/C22H17BrN4OS/c1-15(16-6-10-20(28)11-7-16)26-27-21(17-4-8-18(23)9-5-17)14-29-22(27)25-19-3-2-12-24-13-19/h2-14,28H,1H3. The number of benzene rings is 2. The minimum atomic E-state index is 0.229. The summed E-state index contributed by atoms with van der Waals surface area (Å²) in [6.45, 7) is 1.94. The van der Waals surface area contributed by atoms with Gasteiger partial charge in [0.2, 0.25) is 4.80 Å². The molecule has 0 spiro atoms. The van der Waals surface area contributed by atoms with Crippen LogP contribution in [0.15, 0.2) is 93.0 Å². The Morgan fingerprint density at radius 2 is 1.83 bits per heavy atom. The van der Waals surface area contributed by atoms with Crippen molar-refractivity contribution in [3.05, 3.63) is 93.3 Å². The van der Waals surface area contributed by atoms with Gasteiger partial charge in [0.25, 0.3) is 0 Å². The summed E-state index contributed by atoms with van der Waals surface area (Å²) in [5, 5.41) is 16.4. The van der Waals surface area contributed by atoms with Crippen LogP contribution in [0.4, 0.5) is 5.69 Å². The summed E-state index contributed by atoms with van der Waals surface area (Å²) in [6, 6.07) is 18.9. The maximum atomic E-state index is 9.55. The number of rotatable bonds is 4. The molecular formula is C22H17BrN4OS. The molecule has 144 valence electrons. The number of pyridine rings is 1. The van der Waals surface area contributed by atoms with Gasteiger partial charge in [-0.05, 0) is 61.0 Å². The van der Waals surface area contributed by atoms with Gasteiger partial charge < -0.3 is 5.11 Å². The Morgan fingerprint density at radius 1 is 1.07 bits per heavy atom. The summed E-state index contributed by atoms with van der Waals surface area (Å²) in [4.78, 5) is 9.61. The van der Waals surface area contributed by atoms with Crippen LogP contribution in [-0.2, 0) is 0 Å². The molecule has 0 bridgehead atoms. The van der Waals surface area contributed by atoms with E-state index < -0.39 is 0 Å². The van der Waals surface area contributed by atoms with Crippen molar-refractivity contribution in [2.24, 2.45) is 10.1 Å². The molecule has 2 aromatic carbocycles. The number of aromatic hydroxyl groups is 1. The first-order valence-electron chi connectivity index (χ1n) is 8.86. The molecule has 4 rings (SSSR count). The Morgan fingerprint density at radius 3 is 2.52 bits per heavy atom. The van der Waals surface area contributed by atoms with E-state index in [1.807, 2.05) is 65.5 Å². The Balaban J connectivity index is 1.87. The lowest BCUT2D eigenvalue weighted by molar-refractivity contribution is 0.475. The van der Waals surface area contributed by atoms with Gasteiger partial charge in [0.1, 0.15) is 5.75 Å². The quantitative estimate of drug-likeness (QED) is 0.400. The van der Waals surface area contributed by atoms with Crippen molar-refractivity contribution in [1.29, 1.82) is 0 Å². The molecule has 7 heteroatoms. The molecule has 0 aliphatic heterocycles. The molecule has 2 heterocycles. The van der Waals surface area contributed by atoms with Crippen LogP contribution >= 0.6 is 27.3 Å². The zero-order valence-electron chi connectivity index (χ0n) is 15.5. The van der Waals surface area contributed by atoms with Crippen LogP contribution in [0.25, 0.3) is 11.3 Å². The molecule has 0 saturated carbocycles. The first kappa shape index (κ1) is 19.3. The molecule has 0 atom stereocenters. The van der Waals surface area contributed by atoms with E-state index in [0.29, 0.717) is 0 Å². The van der Waals surface area contributed by atoms with Crippen molar-refractivity contribution >= 4 is 38.7 Å². The van der Waals surface area contributed by atoms with Gasteiger partial charge in [-0.1, -0.05) is 28.1 Å². The van der Waals surface area contributed by atoms with Crippen LogP contribution in [-0.4, -0.2) is 20.5 Å². The predicted molar refractivity (Wildman–Crippen MR) is 121 cm³/mol. The topological polar surface area (TPSA) is 62.8 Å². The SMILES string of the molecule is CC(=Nn1c(-c2ccc(Br)cc2)csc1=Nc1cccnc1)c1ccc(O)cc1. The largest absolute Gasteiger partial charge is 0.508 e. The number of halogens is 1. The Bertz CT molecular complexity index is 1210. The van der Waals surface area contributed by atoms with E-state index in [1.165, 1.54) is 11.3 Å². The lowest BCUT2D eigenvalue weighted by Crippen LogP contribution is -2.13. The third kappa shape index (κ3) is 4.52. The van der Waals surface area contributed by atoms with E-state index >= 15 is 0 Å². The zero-order valence-corrected chi connectivity index (χ0v) is 17.9. The number of nitrogens with zero attached hydrogens (tertiary/aromatic N) is 4. The van der Waals surface area contributed by atoms with Crippen molar-refractivity contribution in [3.63, 3.8) is 0 Å². The maximum Gasteiger partial charge on any atom is 0.211 e. The van der Waals surface area contributed by atoms with Crippen molar-refractivity contribution in [2.75, 3.05) is 0 Å². The van der Waals surface area contributed by atoms with E-state index in [1.54, 1.807) is 24.5 Å². The molecule has 0 fully saturated rings. The van der Waals surface area contributed by atoms with Gasteiger partial charge in [0.15, 0.2) is 0 Å². The Kier molecular flexibility index (Phi) is 5.69. The molecule has 0 aliphatic carbocycles. The van der Waals surface area contributed by atoms with Gasteiger partial charge in [-0.2, -0.15) is 5.10 Å². The number of phenols is 1. The normalized spacial score (nSPS) is 12.3. The Labute approximate surface area is 180 Å². The number of hydrogen-bond acceptors (Lipinski definition) is 5. The van der Waals surface area contributed by atoms with Crippen LogP contribution in [0.1, 0.15) is 12.5 Å². The first-order chi connectivity index (χ1) is 14.1. The molecule has 0 unspecified atom stereocenters. The minimum absolute atomic E-state index is 0.229. The van der Waals surface area contributed by atoms with Crippen molar-refractivity contribution in [3.8, 4) is 17.0 Å². The smallest absolute Gasteiger partial charge is 0.211 e. The van der Waals surface area contributed by atoms with Crippen LogP contribution in [0.2, 0.25) is 0 Å². The molecule has 5 nitrogen and oxygen atoms in total. The summed E-state index contributed by atoms with van der Waals surface area (Å²) in [6.07, 6.45) is 3.45. The summed E-state index contributed by atoms with van der Waals surface area (Å²) in [5.74, 6) is 0.229. The fraction of sp³-hybridized carbons (Fsp3) is 0.0455. The third-order valence-corrected chi connectivity index (χ3v) is 5.58. The van der Waals surface area contributed by atoms with Gasteiger partial charge in [-0.25, -0.2) is 9.67 Å². The number of thiazole rings is 1. The number of aromatic nitrogens is 2. The summed E-state index contributed by atoms with van der Waals surface area (Å²) in [5.41, 5.74) is 4.50. The molecular weight excluding hydrogens is 448 g/mol. The van der Waals surface area contributed by atoms with Gasteiger partial charge in [0, 0.05) is 21.6 Å². The Hall–Kier alpha value is -3.03. The number of hydrogen-bond donors (Lipinski definition) is 1. The lowest BCUT2D eigenvalue weighted by atomic mass is 10.1. The van der Waals surface area contributed by atoms with Gasteiger partial charge in [-0.15, -0.1) is 11.3 Å². The van der Waals surface area contributed by atoms with Gasteiger partial charge in [-0.3, -0.25) is 4.98 Å². The van der Waals surface area contributed by atoms with E-state index in [-0.39, 0.29) is 5.75 Å². The van der Waals surface area contributed by atoms with Crippen LogP contribution in [0.3, 0.4) is 0 Å². The van der Waals surface area contributed by atoms with Crippen molar-refractivity contribution in [1.82, 2.24) is 9.66 Å². The van der Waals surface area contributed by atoms with E-state index in [2.05, 4.69) is 20.9 Å². The third-order valence-electron chi connectivity index (χ3n) is 4.23. The second-order valence-corrected chi connectivity index (χ2v) is 8.03. The maximum absolute atomic E-state index is 9.55. The second-order valence-electron chi connectivity index (χ2n) is 6.28. The minimum Gasteiger partial charge on any atom is -0.508 e. The van der Waals surface area contributed by atoms with Crippen molar-refractivity contribution in [2.45, 2.75) is 6.92 Å². The fourth-order valence-corrected chi connectivity index (χ4v) is 3.85. The molecule has 0 saturated heterocycles. The summed E-state index contributed by atoms with van der Waals surface area (Å²) in [7, 11) is 0. The molecule has 29 heavy (non-hydrogen) atoms. The zero-order chi connectivity index (χ0) is 20.2. The highest BCUT2D eigenvalue weighted by atomic mass is 79.9. The highest BCUT2D eigenvalue weighted by molar-refractivity contribution is 9.10.